The van der Waals surface area contributed by atoms with Crippen LogP contribution < -0.4 is 15.4 Å². The number of amides is 2. The van der Waals surface area contributed by atoms with Gasteiger partial charge in [0.25, 0.3) is 11.8 Å². The van der Waals surface area contributed by atoms with Gasteiger partial charge in [0.15, 0.2) is 6.10 Å². The lowest BCUT2D eigenvalue weighted by Crippen LogP contribution is -2.30. The van der Waals surface area contributed by atoms with E-state index in [1.54, 1.807) is 43.3 Å². The first kappa shape index (κ1) is 22.4. The van der Waals surface area contributed by atoms with Crippen LogP contribution in [0.25, 0.3) is 0 Å². The summed E-state index contributed by atoms with van der Waals surface area (Å²) in [5, 5.41) is 6.28. The molecule has 31 heavy (non-hydrogen) atoms. The number of nitrogens with one attached hydrogen (secondary N) is 2. The molecule has 0 spiro atoms. The van der Waals surface area contributed by atoms with Crippen LogP contribution in [0.1, 0.15) is 34.0 Å². The highest BCUT2D eigenvalue weighted by molar-refractivity contribution is 6.31. The van der Waals surface area contributed by atoms with Gasteiger partial charge in [-0.1, -0.05) is 35.4 Å². The molecule has 0 bridgehead atoms. The zero-order valence-electron chi connectivity index (χ0n) is 18.0. The highest BCUT2D eigenvalue weighted by atomic mass is 35.5. The van der Waals surface area contributed by atoms with Crippen molar-refractivity contribution in [3.8, 4) is 5.75 Å². The number of hydrogen-bond acceptors (Lipinski definition) is 3. The van der Waals surface area contributed by atoms with Crippen LogP contribution >= 0.6 is 11.6 Å². The molecule has 1 atom stereocenters. The van der Waals surface area contributed by atoms with Gasteiger partial charge in [0.2, 0.25) is 0 Å². The second-order valence-electron chi connectivity index (χ2n) is 7.51. The van der Waals surface area contributed by atoms with Crippen molar-refractivity contribution in [3.05, 3.63) is 87.9 Å². The van der Waals surface area contributed by atoms with E-state index in [0.29, 0.717) is 22.0 Å². The average Bonchev–Trinajstić information content (AvgIpc) is 2.73. The van der Waals surface area contributed by atoms with E-state index in [1.807, 2.05) is 45.0 Å². The molecule has 0 saturated carbocycles. The van der Waals surface area contributed by atoms with Crippen molar-refractivity contribution < 1.29 is 14.3 Å². The smallest absolute Gasteiger partial charge is 0.265 e. The maximum Gasteiger partial charge on any atom is 0.265 e. The summed E-state index contributed by atoms with van der Waals surface area (Å²) >= 11 is 6.10. The molecule has 2 N–H and O–H groups in total. The second kappa shape index (κ2) is 9.67. The Labute approximate surface area is 187 Å². The number of aryl methyl sites for hydroxylation is 3. The lowest BCUT2D eigenvalue weighted by Gasteiger charge is -2.15. The minimum atomic E-state index is -0.727. The van der Waals surface area contributed by atoms with Crippen LogP contribution in [0, 0.1) is 20.8 Å². The van der Waals surface area contributed by atoms with Crippen molar-refractivity contribution in [3.63, 3.8) is 0 Å². The summed E-state index contributed by atoms with van der Waals surface area (Å²) in [7, 11) is 0. The molecule has 5 nitrogen and oxygen atoms in total. The van der Waals surface area contributed by atoms with Gasteiger partial charge in [-0.05, 0) is 81.3 Å². The third-order valence-electron chi connectivity index (χ3n) is 4.87. The van der Waals surface area contributed by atoms with Crippen LogP contribution in [-0.2, 0) is 4.79 Å². The summed E-state index contributed by atoms with van der Waals surface area (Å²) in [5.41, 5.74) is 4.96. The van der Waals surface area contributed by atoms with Crippen LogP contribution in [-0.4, -0.2) is 17.9 Å². The lowest BCUT2D eigenvalue weighted by atomic mass is 10.1. The minimum absolute atomic E-state index is 0.208. The average molecular weight is 437 g/mol. The second-order valence-corrected chi connectivity index (χ2v) is 7.92. The van der Waals surface area contributed by atoms with Gasteiger partial charge >= 0.3 is 0 Å². The normalized spacial score (nSPS) is 11.5. The van der Waals surface area contributed by atoms with Crippen LogP contribution in [0.15, 0.2) is 60.7 Å². The first-order valence-electron chi connectivity index (χ1n) is 9.95. The predicted molar refractivity (Wildman–Crippen MR) is 125 cm³/mol. The monoisotopic (exact) mass is 436 g/mol. The Morgan fingerprint density at radius 2 is 1.58 bits per heavy atom. The van der Waals surface area contributed by atoms with E-state index < -0.39 is 6.10 Å². The molecule has 0 aromatic heterocycles. The molecule has 6 heteroatoms. The zero-order valence-corrected chi connectivity index (χ0v) is 18.7. The van der Waals surface area contributed by atoms with Crippen LogP contribution in [0.3, 0.4) is 0 Å². The quantitative estimate of drug-likeness (QED) is 0.503. The van der Waals surface area contributed by atoms with Gasteiger partial charge in [0, 0.05) is 22.0 Å². The van der Waals surface area contributed by atoms with Crippen molar-refractivity contribution in [2.45, 2.75) is 33.8 Å². The van der Waals surface area contributed by atoms with E-state index in [2.05, 4.69) is 10.6 Å². The Kier molecular flexibility index (Phi) is 6.98. The Balaban J connectivity index is 1.59. The van der Waals surface area contributed by atoms with Crippen LogP contribution in [0.5, 0.6) is 5.75 Å². The molecule has 0 fully saturated rings. The Bertz CT molecular complexity index is 1110. The lowest BCUT2D eigenvalue weighted by molar-refractivity contribution is -0.122. The van der Waals surface area contributed by atoms with Crippen molar-refractivity contribution in [1.82, 2.24) is 0 Å². The number of anilines is 2. The molecule has 3 rings (SSSR count). The molecular formula is C25H25ClN2O3. The van der Waals surface area contributed by atoms with Crippen molar-refractivity contribution in [2.75, 3.05) is 10.6 Å². The van der Waals surface area contributed by atoms with Gasteiger partial charge in [0.1, 0.15) is 5.75 Å². The Morgan fingerprint density at radius 1 is 0.871 bits per heavy atom. The fourth-order valence-corrected chi connectivity index (χ4v) is 3.19. The summed E-state index contributed by atoms with van der Waals surface area (Å²) in [5.74, 6) is -0.00946. The summed E-state index contributed by atoms with van der Waals surface area (Å²) in [6.45, 7) is 7.52. The minimum Gasteiger partial charge on any atom is -0.481 e. The number of halogens is 1. The molecule has 3 aromatic carbocycles. The van der Waals surface area contributed by atoms with Crippen LogP contribution in [0.4, 0.5) is 11.4 Å². The van der Waals surface area contributed by atoms with E-state index in [0.717, 1.165) is 22.4 Å². The van der Waals surface area contributed by atoms with Gasteiger partial charge in [0.05, 0.1) is 0 Å². The van der Waals surface area contributed by atoms with Gasteiger partial charge in [-0.2, -0.15) is 0 Å². The fraction of sp³-hybridized carbons (Fsp3) is 0.200. The number of benzene rings is 3. The molecule has 0 heterocycles. The number of hydrogen-bond donors (Lipinski definition) is 2. The Morgan fingerprint density at radius 3 is 2.23 bits per heavy atom. The third-order valence-corrected chi connectivity index (χ3v) is 5.28. The van der Waals surface area contributed by atoms with E-state index in [9.17, 15) is 9.59 Å². The number of rotatable bonds is 6. The molecule has 160 valence electrons. The van der Waals surface area contributed by atoms with Crippen molar-refractivity contribution in [1.29, 1.82) is 0 Å². The molecule has 0 aliphatic carbocycles. The van der Waals surface area contributed by atoms with Gasteiger partial charge in [-0.15, -0.1) is 0 Å². The Hall–Kier alpha value is -3.31. The molecule has 0 radical (unpaired) electrons. The first-order valence-corrected chi connectivity index (χ1v) is 10.3. The fourth-order valence-electron chi connectivity index (χ4n) is 3.01. The molecular weight excluding hydrogens is 412 g/mol. The van der Waals surface area contributed by atoms with E-state index in [4.69, 9.17) is 16.3 Å². The summed E-state index contributed by atoms with van der Waals surface area (Å²) < 4.78 is 5.71. The van der Waals surface area contributed by atoms with Gasteiger partial charge in [-0.25, -0.2) is 0 Å². The molecule has 0 saturated heterocycles. The maximum atomic E-state index is 12.5. The van der Waals surface area contributed by atoms with E-state index >= 15 is 0 Å². The number of ether oxygens (including phenoxy) is 1. The first-order chi connectivity index (χ1) is 14.7. The zero-order chi connectivity index (χ0) is 22.5. The standard InChI is InChI=1S/C25H25ClN2O3/c1-15-5-12-23(17(3)13-15)28-25(30)19-7-10-21(11-8-19)31-18(4)24(29)27-20-9-6-16(2)22(26)14-20/h5-14,18H,1-4H3,(H,27,29)(H,28,30). The molecule has 3 aromatic rings. The number of carbonyl (C=O) groups is 2. The summed E-state index contributed by atoms with van der Waals surface area (Å²) in [6, 6.07) is 17.9. The molecule has 2 amide bonds. The highest BCUT2D eigenvalue weighted by Crippen LogP contribution is 2.21. The SMILES string of the molecule is Cc1ccc(NC(=O)c2ccc(OC(C)C(=O)Nc3ccc(C)c(Cl)c3)cc2)c(C)c1. The molecule has 0 aliphatic heterocycles. The summed E-state index contributed by atoms with van der Waals surface area (Å²) in [4.78, 5) is 24.9. The van der Waals surface area contributed by atoms with Crippen molar-refractivity contribution in [2.24, 2.45) is 0 Å². The predicted octanol–water partition coefficient (Wildman–Crippen LogP) is 5.92. The van der Waals surface area contributed by atoms with Gasteiger partial charge < -0.3 is 15.4 Å². The molecule has 0 aliphatic rings. The highest BCUT2D eigenvalue weighted by Gasteiger charge is 2.16. The van der Waals surface area contributed by atoms with E-state index in [1.165, 1.54) is 0 Å². The van der Waals surface area contributed by atoms with E-state index in [-0.39, 0.29) is 11.8 Å². The summed E-state index contributed by atoms with van der Waals surface area (Å²) in [6.07, 6.45) is -0.727. The molecule has 1 unspecified atom stereocenters. The topological polar surface area (TPSA) is 67.4 Å². The van der Waals surface area contributed by atoms with Crippen LogP contribution in [0.2, 0.25) is 5.02 Å². The number of carbonyl (C=O) groups excluding carboxylic acids is 2. The van der Waals surface area contributed by atoms with Crippen molar-refractivity contribution >= 4 is 34.8 Å². The van der Waals surface area contributed by atoms with Gasteiger partial charge in [-0.3, -0.25) is 9.59 Å². The third kappa shape index (κ3) is 5.86. The largest absolute Gasteiger partial charge is 0.481 e. The maximum absolute atomic E-state index is 12.5.